The van der Waals surface area contributed by atoms with Crippen LogP contribution in [-0.4, -0.2) is 30.9 Å². The van der Waals surface area contributed by atoms with Crippen molar-refractivity contribution < 1.29 is 30.9 Å². The van der Waals surface area contributed by atoms with E-state index in [0.29, 0.717) is 17.4 Å². The van der Waals surface area contributed by atoms with Crippen molar-refractivity contribution >= 4 is 54.4 Å². The topological polar surface area (TPSA) is 202 Å². The zero-order valence-corrected chi connectivity index (χ0v) is 17.6. The van der Waals surface area contributed by atoms with Crippen LogP contribution in [0.5, 0.6) is 0 Å². The van der Waals surface area contributed by atoms with E-state index in [0.717, 1.165) is 18.2 Å². The SMILES string of the molecule is Nc1ccc(Nc2ccc(Nc3ccc(S(=O)(=O)O)cc3[N+](=O)[O-])cc2S(=O)(=O)O)cc1. The molecule has 0 amide bonds. The van der Waals surface area contributed by atoms with Crippen molar-refractivity contribution in [3.05, 3.63) is 70.8 Å². The normalized spacial score (nSPS) is 11.7. The van der Waals surface area contributed by atoms with E-state index in [-0.39, 0.29) is 17.1 Å². The Balaban J connectivity index is 2.01. The molecule has 0 spiro atoms. The molecule has 0 aromatic heterocycles. The molecule has 0 aliphatic heterocycles. The summed E-state index contributed by atoms with van der Waals surface area (Å²) in [5, 5.41) is 16.8. The summed E-state index contributed by atoms with van der Waals surface area (Å²) in [6.07, 6.45) is 0. The lowest BCUT2D eigenvalue weighted by Gasteiger charge is -2.14. The minimum Gasteiger partial charge on any atom is -0.399 e. The summed E-state index contributed by atoms with van der Waals surface area (Å²) < 4.78 is 65.0. The Kier molecular flexibility index (Phi) is 6.05. The van der Waals surface area contributed by atoms with Gasteiger partial charge in [-0.15, -0.1) is 0 Å². The smallest absolute Gasteiger partial charge is 0.296 e. The molecule has 3 aromatic rings. The van der Waals surface area contributed by atoms with Gasteiger partial charge in [-0.3, -0.25) is 19.2 Å². The Morgan fingerprint density at radius 2 is 1.34 bits per heavy atom. The van der Waals surface area contributed by atoms with E-state index in [9.17, 15) is 31.5 Å². The second-order valence-electron chi connectivity index (χ2n) is 6.47. The summed E-state index contributed by atoms with van der Waals surface area (Å²) in [5.74, 6) is 0. The quantitative estimate of drug-likeness (QED) is 0.144. The maximum atomic E-state index is 11.9. The average Bonchev–Trinajstić information content (AvgIpc) is 2.69. The Morgan fingerprint density at radius 3 is 1.91 bits per heavy atom. The Labute approximate surface area is 182 Å². The molecular weight excluding hydrogens is 464 g/mol. The molecule has 6 N–H and O–H groups in total. The van der Waals surface area contributed by atoms with Crippen LogP contribution in [0.25, 0.3) is 0 Å². The molecule has 0 bridgehead atoms. The zero-order valence-electron chi connectivity index (χ0n) is 16.0. The molecule has 0 aliphatic rings. The maximum absolute atomic E-state index is 11.9. The van der Waals surface area contributed by atoms with Crippen LogP contribution in [0.2, 0.25) is 0 Å². The lowest BCUT2D eigenvalue weighted by atomic mass is 10.2. The summed E-state index contributed by atoms with van der Waals surface area (Å²) in [6, 6.07) is 12.7. The van der Waals surface area contributed by atoms with E-state index in [1.165, 1.54) is 12.1 Å². The van der Waals surface area contributed by atoms with Crippen molar-refractivity contribution in [1.82, 2.24) is 0 Å². The predicted octanol–water partition coefficient (Wildman–Crippen LogP) is 3.16. The van der Waals surface area contributed by atoms with Gasteiger partial charge in [-0.05, 0) is 54.6 Å². The number of anilines is 5. The van der Waals surface area contributed by atoms with Crippen molar-refractivity contribution in [2.75, 3.05) is 16.4 Å². The van der Waals surface area contributed by atoms with Gasteiger partial charge in [-0.1, -0.05) is 0 Å². The number of nitrogen functional groups attached to an aromatic ring is 1. The lowest BCUT2D eigenvalue weighted by molar-refractivity contribution is -0.384. The van der Waals surface area contributed by atoms with E-state index >= 15 is 0 Å². The Morgan fingerprint density at radius 1 is 0.781 bits per heavy atom. The molecule has 0 radical (unpaired) electrons. The highest BCUT2D eigenvalue weighted by atomic mass is 32.2. The molecule has 3 aromatic carbocycles. The van der Waals surface area contributed by atoms with Gasteiger partial charge in [0.25, 0.3) is 25.9 Å². The third kappa shape index (κ3) is 5.30. The van der Waals surface area contributed by atoms with Crippen LogP contribution < -0.4 is 16.4 Å². The van der Waals surface area contributed by atoms with Crippen LogP contribution in [0.3, 0.4) is 0 Å². The van der Waals surface area contributed by atoms with E-state index in [2.05, 4.69) is 10.6 Å². The van der Waals surface area contributed by atoms with Gasteiger partial charge in [-0.2, -0.15) is 16.8 Å². The number of nitrogens with two attached hydrogens (primary N) is 1. The third-order valence-corrected chi connectivity index (χ3v) is 5.94. The van der Waals surface area contributed by atoms with Crippen molar-refractivity contribution in [3.8, 4) is 0 Å². The Hall–Kier alpha value is -3.72. The second-order valence-corrected chi connectivity index (χ2v) is 9.28. The number of hydrogen-bond donors (Lipinski definition) is 5. The van der Waals surface area contributed by atoms with Crippen LogP contribution in [0.4, 0.5) is 34.1 Å². The fraction of sp³-hybridized carbons (Fsp3) is 0. The van der Waals surface area contributed by atoms with E-state index < -0.39 is 40.6 Å². The molecule has 0 heterocycles. The number of nitro groups is 1. The average molecular weight is 480 g/mol. The van der Waals surface area contributed by atoms with Crippen molar-refractivity contribution in [2.24, 2.45) is 0 Å². The molecule has 0 saturated heterocycles. The van der Waals surface area contributed by atoms with Gasteiger partial charge in [0.1, 0.15) is 15.5 Å². The highest BCUT2D eigenvalue weighted by Crippen LogP contribution is 2.33. The number of nitro benzene ring substituents is 1. The van der Waals surface area contributed by atoms with E-state index in [4.69, 9.17) is 10.3 Å². The highest BCUT2D eigenvalue weighted by Gasteiger charge is 2.21. The van der Waals surface area contributed by atoms with Crippen molar-refractivity contribution in [3.63, 3.8) is 0 Å². The maximum Gasteiger partial charge on any atom is 0.296 e. The fourth-order valence-electron chi connectivity index (χ4n) is 2.72. The van der Waals surface area contributed by atoms with Gasteiger partial charge in [0.15, 0.2) is 0 Å². The summed E-state index contributed by atoms with van der Waals surface area (Å²) in [4.78, 5) is 9.25. The predicted molar refractivity (Wildman–Crippen MR) is 117 cm³/mol. The number of rotatable bonds is 7. The zero-order chi connectivity index (χ0) is 23.7. The molecule has 0 aliphatic carbocycles. The number of hydrogen-bond acceptors (Lipinski definition) is 9. The largest absolute Gasteiger partial charge is 0.399 e. The van der Waals surface area contributed by atoms with E-state index in [1.54, 1.807) is 24.3 Å². The highest BCUT2D eigenvalue weighted by molar-refractivity contribution is 7.86. The molecule has 0 unspecified atom stereocenters. The number of nitrogens with zero attached hydrogens (tertiary/aromatic N) is 1. The van der Waals surface area contributed by atoms with Crippen LogP contribution in [0, 0.1) is 10.1 Å². The van der Waals surface area contributed by atoms with Gasteiger partial charge >= 0.3 is 0 Å². The lowest BCUT2D eigenvalue weighted by Crippen LogP contribution is -2.06. The molecule has 0 atom stereocenters. The standard InChI is InChI=1S/C18H16N4O8S2/c19-11-1-3-12(4-2-11)20-16-7-5-13(9-18(16)32(28,29)30)21-15-8-6-14(31(25,26)27)10-17(15)22(23)24/h1-10,20-21H,19H2,(H,25,26,27)(H,28,29,30). The van der Waals surface area contributed by atoms with Gasteiger partial charge in [0, 0.05) is 23.1 Å². The molecular formula is C18H16N4O8S2. The summed E-state index contributed by atoms with van der Waals surface area (Å²) in [6.45, 7) is 0. The first-order chi connectivity index (χ1) is 14.8. The third-order valence-electron chi connectivity index (χ3n) is 4.19. The van der Waals surface area contributed by atoms with Crippen LogP contribution in [0.1, 0.15) is 0 Å². The summed E-state index contributed by atoms with van der Waals surface area (Å²) in [7, 11) is -9.38. The number of benzene rings is 3. The molecule has 3 rings (SSSR count). The van der Waals surface area contributed by atoms with Gasteiger partial charge in [0.05, 0.1) is 10.6 Å². The first-order valence-electron chi connectivity index (χ1n) is 8.61. The molecule has 0 fully saturated rings. The van der Waals surface area contributed by atoms with E-state index in [1.807, 2.05) is 0 Å². The first kappa shape index (κ1) is 23.0. The molecule has 0 saturated carbocycles. The molecule has 32 heavy (non-hydrogen) atoms. The Bertz CT molecular complexity index is 1410. The van der Waals surface area contributed by atoms with Crippen molar-refractivity contribution in [2.45, 2.75) is 9.79 Å². The van der Waals surface area contributed by atoms with Gasteiger partial charge < -0.3 is 16.4 Å². The summed E-state index contributed by atoms with van der Waals surface area (Å²) >= 11 is 0. The fourth-order valence-corrected chi connectivity index (χ4v) is 3.90. The van der Waals surface area contributed by atoms with Gasteiger partial charge in [-0.25, -0.2) is 0 Å². The van der Waals surface area contributed by atoms with Crippen molar-refractivity contribution in [1.29, 1.82) is 0 Å². The van der Waals surface area contributed by atoms with Crippen LogP contribution >= 0.6 is 0 Å². The molecule has 168 valence electrons. The van der Waals surface area contributed by atoms with Crippen LogP contribution in [0.15, 0.2) is 70.5 Å². The van der Waals surface area contributed by atoms with Crippen LogP contribution in [-0.2, 0) is 20.2 Å². The summed E-state index contributed by atoms with van der Waals surface area (Å²) in [5.41, 5.74) is 5.80. The molecule has 14 heteroatoms. The van der Waals surface area contributed by atoms with Gasteiger partial charge in [0.2, 0.25) is 0 Å². The monoisotopic (exact) mass is 480 g/mol. The minimum absolute atomic E-state index is 0.0269. The first-order valence-corrected chi connectivity index (χ1v) is 11.5. The number of nitrogens with one attached hydrogen (secondary N) is 2. The second kappa shape index (κ2) is 8.43. The minimum atomic E-state index is -4.70. The molecule has 12 nitrogen and oxygen atoms in total.